The summed E-state index contributed by atoms with van der Waals surface area (Å²) in [5.41, 5.74) is 8.53. The second kappa shape index (κ2) is 7.45. The second-order valence-corrected chi connectivity index (χ2v) is 6.22. The third-order valence-electron chi connectivity index (χ3n) is 4.75. The van der Waals surface area contributed by atoms with Gasteiger partial charge in [-0.3, -0.25) is 0 Å². The summed E-state index contributed by atoms with van der Waals surface area (Å²) in [4.78, 5) is 0. The zero-order chi connectivity index (χ0) is 16.1. The van der Waals surface area contributed by atoms with E-state index in [0.717, 1.165) is 32.1 Å². The minimum Gasteiger partial charge on any atom is -0.103 e. The number of hydrogen-bond donors (Lipinski definition) is 0. The third kappa shape index (κ3) is 3.32. The molecule has 0 saturated carbocycles. The van der Waals surface area contributed by atoms with E-state index in [2.05, 4.69) is 57.8 Å². The first-order chi connectivity index (χ1) is 10.6. The average Bonchev–Trinajstić information content (AvgIpc) is 2.82. The van der Waals surface area contributed by atoms with Crippen molar-refractivity contribution >= 4 is 5.57 Å². The van der Waals surface area contributed by atoms with Crippen LogP contribution < -0.4 is 0 Å². The Morgan fingerprint density at radius 2 is 1.77 bits per heavy atom. The molecule has 0 spiro atoms. The molecule has 1 atom stereocenters. The zero-order valence-electron chi connectivity index (χ0n) is 14.1. The molecule has 22 heavy (non-hydrogen) atoms. The van der Waals surface area contributed by atoms with E-state index >= 15 is 0 Å². The molecule has 1 aliphatic carbocycles. The van der Waals surface area contributed by atoms with Crippen LogP contribution in [0.5, 0.6) is 0 Å². The first kappa shape index (κ1) is 16.5. The molecular weight excluding hydrogens is 264 g/mol. The molecule has 1 aromatic rings. The van der Waals surface area contributed by atoms with Gasteiger partial charge in [-0.15, -0.1) is 6.58 Å². The van der Waals surface area contributed by atoms with E-state index in [4.69, 9.17) is 0 Å². The van der Waals surface area contributed by atoms with E-state index in [9.17, 15) is 0 Å². The van der Waals surface area contributed by atoms with Gasteiger partial charge in [0.25, 0.3) is 0 Å². The summed E-state index contributed by atoms with van der Waals surface area (Å²) in [6.45, 7) is 16.8. The molecule has 1 aromatic carbocycles. The van der Waals surface area contributed by atoms with Crippen molar-refractivity contribution in [1.82, 2.24) is 0 Å². The van der Waals surface area contributed by atoms with Crippen LogP contribution >= 0.6 is 0 Å². The number of benzene rings is 1. The van der Waals surface area contributed by atoms with Crippen LogP contribution in [0.1, 0.15) is 63.0 Å². The second-order valence-electron chi connectivity index (χ2n) is 6.22. The molecule has 1 aliphatic rings. The number of allylic oxidation sites excluding steroid dienone is 5. The van der Waals surface area contributed by atoms with Crippen LogP contribution in [-0.4, -0.2) is 0 Å². The van der Waals surface area contributed by atoms with Crippen LogP contribution in [0.25, 0.3) is 5.57 Å². The van der Waals surface area contributed by atoms with Crippen LogP contribution in [0.3, 0.4) is 0 Å². The highest BCUT2D eigenvalue weighted by Gasteiger charge is 2.30. The lowest BCUT2D eigenvalue weighted by Crippen LogP contribution is -2.00. The molecule has 0 saturated heterocycles. The Morgan fingerprint density at radius 1 is 1.09 bits per heavy atom. The average molecular weight is 292 g/mol. The molecule has 0 bridgehead atoms. The van der Waals surface area contributed by atoms with Gasteiger partial charge in [-0.1, -0.05) is 74.1 Å². The van der Waals surface area contributed by atoms with Crippen molar-refractivity contribution < 1.29 is 0 Å². The molecule has 0 heteroatoms. The first-order valence-corrected chi connectivity index (χ1v) is 8.37. The van der Waals surface area contributed by atoms with Crippen LogP contribution in [0, 0.1) is 0 Å². The van der Waals surface area contributed by atoms with Gasteiger partial charge in [0.15, 0.2) is 0 Å². The molecule has 0 nitrogen and oxygen atoms in total. The number of rotatable bonds is 8. The summed E-state index contributed by atoms with van der Waals surface area (Å²) in [5.74, 6) is 0.473. The molecule has 0 radical (unpaired) electrons. The summed E-state index contributed by atoms with van der Waals surface area (Å²) >= 11 is 0. The van der Waals surface area contributed by atoms with Gasteiger partial charge >= 0.3 is 0 Å². The molecule has 2 rings (SSSR count). The van der Waals surface area contributed by atoms with Gasteiger partial charge in [0.2, 0.25) is 0 Å². The Labute approximate surface area is 136 Å². The Hall–Kier alpha value is -1.82. The lowest BCUT2D eigenvalue weighted by Gasteiger charge is -2.17. The van der Waals surface area contributed by atoms with Crippen LogP contribution in [-0.2, 0) is 0 Å². The zero-order valence-corrected chi connectivity index (χ0v) is 14.1. The summed E-state index contributed by atoms with van der Waals surface area (Å²) in [7, 11) is 0. The molecule has 0 N–H and O–H groups in total. The first-order valence-electron chi connectivity index (χ1n) is 8.37. The van der Waals surface area contributed by atoms with Crippen LogP contribution in [0.4, 0.5) is 0 Å². The summed E-state index contributed by atoms with van der Waals surface area (Å²) in [5, 5.41) is 0. The fourth-order valence-corrected chi connectivity index (χ4v) is 3.32. The van der Waals surface area contributed by atoms with Gasteiger partial charge < -0.3 is 0 Å². The Morgan fingerprint density at radius 3 is 2.41 bits per heavy atom. The quantitative estimate of drug-likeness (QED) is 0.461. The van der Waals surface area contributed by atoms with E-state index in [1.54, 1.807) is 0 Å². The molecule has 0 fully saturated rings. The van der Waals surface area contributed by atoms with Gasteiger partial charge in [-0.05, 0) is 48.8 Å². The minimum atomic E-state index is 0.473. The predicted octanol–water partition coefficient (Wildman–Crippen LogP) is 6.83. The van der Waals surface area contributed by atoms with Crippen molar-refractivity contribution in [1.29, 1.82) is 0 Å². The lowest BCUT2D eigenvalue weighted by atomic mass is 9.87. The predicted molar refractivity (Wildman–Crippen MR) is 99.0 cm³/mol. The Balaban J connectivity index is 2.48. The van der Waals surface area contributed by atoms with Gasteiger partial charge in [-0.2, -0.15) is 0 Å². The van der Waals surface area contributed by atoms with Gasteiger partial charge in [0.05, 0.1) is 0 Å². The SMILES string of the molecule is C=CCC1=C(CC(=C)CC)c2ccccc2C1CC(=C)CC. The highest BCUT2D eigenvalue weighted by molar-refractivity contribution is 5.80. The van der Waals surface area contributed by atoms with Crippen LogP contribution in [0.15, 0.2) is 66.8 Å². The Bertz CT molecular complexity index is 613. The fraction of sp³-hybridized carbons (Fsp3) is 0.364. The molecule has 116 valence electrons. The van der Waals surface area contributed by atoms with Crippen molar-refractivity contribution in [2.45, 2.75) is 51.9 Å². The largest absolute Gasteiger partial charge is 0.103 e. The van der Waals surface area contributed by atoms with Crippen molar-refractivity contribution in [3.05, 3.63) is 77.9 Å². The molecule has 0 aliphatic heterocycles. The fourth-order valence-electron chi connectivity index (χ4n) is 3.32. The summed E-state index contributed by atoms with van der Waals surface area (Å²) in [6, 6.07) is 8.86. The van der Waals surface area contributed by atoms with E-state index in [1.807, 2.05) is 6.08 Å². The minimum absolute atomic E-state index is 0.473. The van der Waals surface area contributed by atoms with Gasteiger partial charge in [-0.25, -0.2) is 0 Å². The van der Waals surface area contributed by atoms with E-state index in [0.29, 0.717) is 5.92 Å². The lowest BCUT2D eigenvalue weighted by molar-refractivity contribution is 0.756. The number of fused-ring (bicyclic) bond motifs is 1. The maximum atomic E-state index is 4.24. The molecule has 0 aromatic heterocycles. The standard InChI is InChI=1S/C22H28/c1-6-11-18-21(14-16(4)7-2)19-12-9-10-13-20(19)22(18)15-17(5)8-3/h6,9-10,12-13,21H,1,4-5,7-8,11,14-15H2,2-3H3. The third-order valence-corrected chi connectivity index (χ3v) is 4.75. The highest BCUT2D eigenvalue weighted by atomic mass is 14.3. The maximum absolute atomic E-state index is 4.24. The van der Waals surface area contributed by atoms with Crippen molar-refractivity contribution in [2.75, 3.05) is 0 Å². The van der Waals surface area contributed by atoms with Crippen molar-refractivity contribution in [2.24, 2.45) is 0 Å². The van der Waals surface area contributed by atoms with Gasteiger partial charge in [0, 0.05) is 5.92 Å². The highest BCUT2D eigenvalue weighted by Crippen LogP contribution is 2.48. The number of hydrogen-bond acceptors (Lipinski definition) is 0. The molecule has 0 heterocycles. The van der Waals surface area contributed by atoms with Crippen molar-refractivity contribution in [3.8, 4) is 0 Å². The molecular formula is C22H28. The summed E-state index contributed by atoms with van der Waals surface area (Å²) in [6.07, 6.45) is 7.14. The molecule has 1 unspecified atom stereocenters. The molecule has 0 amide bonds. The smallest absolute Gasteiger partial charge is 0.0100 e. The van der Waals surface area contributed by atoms with Crippen molar-refractivity contribution in [3.63, 3.8) is 0 Å². The van der Waals surface area contributed by atoms with Crippen LogP contribution in [0.2, 0.25) is 0 Å². The van der Waals surface area contributed by atoms with E-state index in [-0.39, 0.29) is 0 Å². The Kier molecular flexibility index (Phi) is 5.60. The topological polar surface area (TPSA) is 0 Å². The van der Waals surface area contributed by atoms with E-state index in [1.165, 1.54) is 33.4 Å². The summed E-state index contributed by atoms with van der Waals surface area (Å²) < 4.78 is 0. The van der Waals surface area contributed by atoms with Gasteiger partial charge in [0.1, 0.15) is 0 Å². The maximum Gasteiger partial charge on any atom is 0.0100 e. The van der Waals surface area contributed by atoms with E-state index < -0.39 is 0 Å². The normalized spacial score (nSPS) is 16.5. The monoisotopic (exact) mass is 292 g/mol.